The fraction of sp³-hybridized carbons (Fsp3) is 0.833. The normalized spacial score (nSPS) is 23.9. The maximum Gasteiger partial charge on any atom is 0.0815 e. The smallest absolute Gasteiger partial charge is 0.0815 e. The van der Waals surface area contributed by atoms with E-state index in [4.69, 9.17) is 14.2 Å². The average molecular weight is 379 g/mol. The molecule has 0 N–H and O–H groups in total. The van der Waals surface area contributed by atoms with Gasteiger partial charge in [-0.25, -0.2) is 0 Å². The fourth-order valence-corrected chi connectivity index (χ4v) is 3.46. The number of epoxide rings is 2. The Morgan fingerprint density at radius 2 is 1.26 bits per heavy atom. The predicted octanol–water partition coefficient (Wildman–Crippen LogP) is 6.09. The largest absolute Gasteiger partial charge is 0.381 e. The molecular weight excluding hydrogens is 336 g/mol. The van der Waals surface area contributed by atoms with Gasteiger partial charge in [0.1, 0.15) is 0 Å². The van der Waals surface area contributed by atoms with Crippen molar-refractivity contribution in [3.05, 3.63) is 24.3 Å². The van der Waals surface area contributed by atoms with Gasteiger partial charge in [-0.3, -0.25) is 0 Å². The highest BCUT2D eigenvalue weighted by Crippen LogP contribution is 2.25. The summed E-state index contributed by atoms with van der Waals surface area (Å²) in [4.78, 5) is 0. The van der Waals surface area contributed by atoms with Crippen molar-refractivity contribution in [1.82, 2.24) is 0 Å². The maximum absolute atomic E-state index is 6.00. The first kappa shape index (κ1) is 22.6. The Labute approximate surface area is 167 Å². The van der Waals surface area contributed by atoms with E-state index in [1.54, 1.807) is 0 Å². The van der Waals surface area contributed by atoms with Crippen LogP contribution in [0.5, 0.6) is 0 Å². The van der Waals surface area contributed by atoms with Gasteiger partial charge in [0.15, 0.2) is 0 Å². The molecule has 4 atom stereocenters. The number of rotatable bonds is 18. The van der Waals surface area contributed by atoms with E-state index >= 15 is 0 Å². The van der Waals surface area contributed by atoms with Crippen LogP contribution >= 0.6 is 0 Å². The summed E-state index contributed by atoms with van der Waals surface area (Å²) in [6, 6.07) is 0. The molecule has 0 aromatic carbocycles. The first-order valence-corrected chi connectivity index (χ1v) is 11.5. The Morgan fingerprint density at radius 1 is 0.815 bits per heavy atom. The van der Waals surface area contributed by atoms with Crippen molar-refractivity contribution in [3.63, 3.8) is 0 Å². The number of allylic oxidation sites excluding steroid dienone is 4. The zero-order chi connectivity index (χ0) is 19.2. The van der Waals surface area contributed by atoms with E-state index < -0.39 is 0 Å². The van der Waals surface area contributed by atoms with Crippen LogP contribution in [0.2, 0.25) is 0 Å². The van der Waals surface area contributed by atoms with Crippen molar-refractivity contribution in [2.45, 2.75) is 90.3 Å². The van der Waals surface area contributed by atoms with Gasteiger partial charge in [-0.15, -0.1) is 0 Å². The Hall–Kier alpha value is -0.640. The van der Waals surface area contributed by atoms with Crippen LogP contribution in [-0.4, -0.2) is 38.6 Å². The van der Waals surface area contributed by atoms with Gasteiger partial charge >= 0.3 is 0 Å². The molecule has 27 heavy (non-hydrogen) atoms. The lowest BCUT2D eigenvalue weighted by molar-refractivity contribution is 0.112. The van der Waals surface area contributed by atoms with E-state index in [1.807, 2.05) is 0 Å². The first-order valence-electron chi connectivity index (χ1n) is 11.5. The molecule has 3 nitrogen and oxygen atoms in total. The Bertz CT molecular complexity index is 372. The molecule has 4 unspecified atom stereocenters. The summed E-state index contributed by atoms with van der Waals surface area (Å²) in [5, 5.41) is 0. The van der Waals surface area contributed by atoms with Gasteiger partial charge in [-0.1, -0.05) is 63.8 Å². The lowest BCUT2D eigenvalue weighted by Gasteiger charge is -2.14. The molecule has 2 aliphatic heterocycles. The van der Waals surface area contributed by atoms with Crippen LogP contribution in [0, 0.1) is 11.8 Å². The molecule has 2 saturated heterocycles. The van der Waals surface area contributed by atoms with E-state index in [9.17, 15) is 0 Å². The summed E-state index contributed by atoms with van der Waals surface area (Å²) in [5.74, 6) is 1.22. The van der Waals surface area contributed by atoms with Gasteiger partial charge in [-0.2, -0.15) is 0 Å². The topological polar surface area (TPSA) is 34.3 Å². The van der Waals surface area contributed by atoms with Gasteiger partial charge in [0, 0.05) is 13.2 Å². The first-order chi connectivity index (χ1) is 13.3. The lowest BCUT2D eigenvalue weighted by Crippen LogP contribution is -2.10. The Kier molecular flexibility index (Phi) is 12.1. The predicted molar refractivity (Wildman–Crippen MR) is 113 cm³/mol. The molecule has 0 amide bonds. The molecule has 3 heteroatoms. The molecule has 0 bridgehead atoms. The van der Waals surface area contributed by atoms with Crippen LogP contribution in [0.4, 0.5) is 0 Å². The quantitative estimate of drug-likeness (QED) is 0.164. The minimum atomic E-state index is 0.502. The monoisotopic (exact) mass is 378 g/mol. The highest BCUT2D eigenvalue weighted by Gasteiger charge is 2.26. The molecular formula is C24H42O3. The number of hydrogen-bond donors (Lipinski definition) is 0. The molecule has 0 aromatic rings. The van der Waals surface area contributed by atoms with Crippen molar-refractivity contribution in [3.8, 4) is 0 Å². The molecule has 0 saturated carbocycles. The summed E-state index contributed by atoms with van der Waals surface area (Å²) >= 11 is 0. The van der Waals surface area contributed by atoms with Crippen molar-refractivity contribution < 1.29 is 14.2 Å². The molecule has 2 aliphatic rings. The molecule has 2 rings (SSSR count). The Balaban J connectivity index is 1.59. The van der Waals surface area contributed by atoms with E-state index in [0.29, 0.717) is 24.0 Å². The second-order valence-corrected chi connectivity index (χ2v) is 8.23. The highest BCUT2D eigenvalue weighted by molar-refractivity contribution is 4.92. The molecule has 0 spiro atoms. The average Bonchev–Trinajstić information content (AvgIpc) is 3.58. The van der Waals surface area contributed by atoms with Gasteiger partial charge in [-0.05, 0) is 50.4 Å². The van der Waals surface area contributed by atoms with E-state index in [-0.39, 0.29) is 0 Å². The minimum absolute atomic E-state index is 0.502. The highest BCUT2D eigenvalue weighted by atomic mass is 16.6. The Morgan fingerprint density at radius 3 is 1.63 bits per heavy atom. The molecule has 2 heterocycles. The summed E-state index contributed by atoms with van der Waals surface area (Å²) in [6.07, 6.45) is 22.6. The summed E-state index contributed by atoms with van der Waals surface area (Å²) < 4.78 is 16.9. The SMILES string of the molecule is CCCCC=CC(CCOCCC(C=CCCCC)CC1CO1)CC1CO1. The lowest BCUT2D eigenvalue weighted by atomic mass is 9.98. The number of ether oxygens (including phenoxy) is 3. The fourth-order valence-electron chi connectivity index (χ4n) is 3.46. The number of unbranched alkanes of at least 4 members (excludes halogenated alkanes) is 4. The third-order valence-corrected chi connectivity index (χ3v) is 5.47. The summed E-state index contributed by atoms with van der Waals surface area (Å²) in [7, 11) is 0. The molecule has 2 fully saturated rings. The number of hydrogen-bond acceptors (Lipinski definition) is 3. The zero-order valence-electron chi connectivity index (χ0n) is 17.7. The second kappa shape index (κ2) is 14.4. The molecule has 156 valence electrons. The maximum atomic E-state index is 6.00. The molecule has 0 aromatic heterocycles. The third-order valence-electron chi connectivity index (χ3n) is 5.47. The van der Waals surface area contributed by atoms with Crippen LogP contribution < -0.4 is 0 Å². The standard InChI is InChI=1S/C24H42O3/c1-3-5-7-9-11-21(17-23-19-26-23)13-15-25-16-14-22(18-24-20-27-24)12-10-8-6-4-2/h9-12,21-24H,3-8,13-20H2,1-2H3. The van der Waals surface area contributed by atoms with Crippen LogP contribution in [0.25, 0.3) is 0 Å². The summed E-state index contributed by atoms with van der Waals surface area (Å²) in [5.41, 5.74) is 0. The van der Waals surface area contributed by atoms with Crippen molar-refractivity contribution >= 4 is 0 Å². The van der Waals surface area contributed by atoms with Crippen LogP contribution in [0.15, 0.2) is 24.3 Å². The molecule has 0 radical (unpaired) electrons. The molecule has 0 aliphatic carbocycles. The van der Waals surface area contributed by atoms with Crippen molar-refractivity contribution in [2.24, 2.45) is 11.8 Å². The minimum Gasteiger partial charge on any atom is -0.381 e. The van der Waals surface area contributed by atoms with E-state index in [2.05, 4.69) is 38.2 Å². The van der Waals surface area contributed by atoms with E-state index in [0.717, 1.165) is 52.1 Å². The van der Waals surface area contributed by atoms with Crippen LogP contribution in [0.3, 0.4) is 0 Å². The van der Waals surface area contributed by atoms with Gasteiger partial charge in [0.25, 0.3) is 0 Å². The van der Waals surface area contributed by atoms with Crippen molar-refractivity contribution in [2.75, 3.05) is 26.4 Å². The van der Waals surface area contributed by atoms with Crippen LogP contribution in [0.1, 0.15) is 78.1 Å². The van der Waals surface area contributed by atoms with Crippen LogP contribution in [-0.2, 0) is 14.2 Å². The second-order valence-electron chi connectivity index (χ2n) is 8.23. The summed E-state index contributed by atoms with van der Waals surface area (Å²) in [6.45, 7) is 8.13. The van der Waals surface area contributed by atoms with Crippen molar-refractivity contribution in [1.29, 1.82) is 0 Å². The third kappa shape index (κ3) is 12.4. The van der Waals surface area contributed by atoms with E-state index in [1.165, 1.54) is 38.5 Å². The van der Waals surface area contributed by atoms with Gasteiger partial charge in [0.05, 0.1) is 25.4 Å². The van der Waals surface area contributed by atoms with Gasteiger partial charge in [0.2, 0.25) is 0 Å². The van der Waals surface area contributed by atoms with Gasteiger partial charge < -0.3 is 14.2 Å². The zero-order valence-corrected chi connectivity index (χ0v) is 17.7.